The Balaban J connectivity index is 2.24. The van der Waals surface area contributed by atoms with Gasteiger partial charge in [0.1, 0.15) is 0 Å². The van der Waals surface area contributed by atoms with E-state index in [0.717, 1.165) is 13.0 Å². The van der Waals surface area contributed by atoms with Gasteiger partial charge in [-0.3, -0.25) is 11.3 Å². The molecule has 0 saturated heterocycles. The number of hydrogen-bond acceptors (Lipinski definition) is 3. The molecule has 1 aliphatic carbocycles. The van der Waals surface area contributed by atoms with Crippen LogP contribution < -0.4 is 11.3 Å². The monoisotopic (exact) mass is 284 g/mol. The first-order chi connectivity index (χ1) is 9.79. The van der Waals surface area contributed by atoms with Gasteiger partial charge in [-0.2, -0.15) is 0 Å². The topological polar surface area (TPSA) is 47.3 Å². The number of hydrazine groups is 1. The standard InChI is InChI=1S/C17H36N2O/c1-3-5-6-7-8-9-10-13-16(19-18)17(20-4-2)14-11-12-15-17/h16,19H,3-15,18H2,1-2H3. The summed E-state index contributed by atoms with van der Waals surface area (Å²) in [4.78, 5) is 0. The number of rotatable bonds is 12. The first kappa shape index (κ1) is 17.9. The number of nitrogens with one attached hydrogen (secondary N) is 1. The Bertz CT molecular complexity index is 227. The lowest BCUT2D eigenvalue weighted by Gasteiger charge is -2.37. The molecule has 3 heteroatoms. The smallest absolute Gasteiger partial charge is 0.0848 e. The highest BCUT2D eigenvalue weighted by atomic mass is 16.5. The molecule has 0 aromatic carbocycles. The summed E-state index contributed by atoms with van der Waals surface area (Å²) in [5, 5.41) is 0. The number of hydrogen-bond donors (Lipinski definition) is 2. The Hall–Kier alpha value is -0.120. The van der Waals surface area contributed by atoms with Crippen LogP contribution in [0.4, 0.5) is 0 Å². The average Bonchev–Trinajstić information content (AvgIpc) is 2.92. The minimum absolute atomic E-state index is 0.0196. The van der Waals surface area contributed by atoms with Crippen molar-refractivity contribution in [1.82, 2.24) is 5.43 Å². The maximum absolute atomic E-state index is 6.11. The third-order valence-corrected chi connectivity index (χ3v) is 4.81. The zero-order valence-corrected chi connectivity index (χ0v) is 13.8. The molecule has 0 heterocycles. The Morgan fingerprint density at radius 2 is 1.60 bits per heavy atom. The van der Waals surface area contributed by atoms with Crippen LogP contribution in [-0.2, 0) is 4.74 Å². The Morgan fingerprint density at radius 1 is 1.00 bits per heavy atom. The van der Waals surface area contributed by atoms with Gasteiger partial charge in [-0.15, -0.1) is 0 Å². The molecule has 0 bridgehead atoms. The quantitative estimate of drug-likeness (QED) is 0.319. The maximum atomic E-state index is 6.11. The minimum Gasteiger partial charge on any atom is -0.374 e. The van der Waals surface area contributed by atoms with E-state index in [-0.39, 0.29) is 5.60 Å². The molecular weight excluding hydrogens is 248 g/mol. The summed E-state index contributed by atoms with van der Waals surface area (Å²) in [5.41, 5.74) is 3.08. The molecule has 1 unspecified atom stereocenters. The molecule has 3 nitrogen and oxygen atoms in total. The van der Waals surface area contributed by atoms with Gasteiger partial charge in [-0.25, -0.2) is 0 Å². The van der Waals surface area contributed by atoms with Crippen molar-refractivity contribution in [3.05, 3.63) is 0 Å². The molecule has 0 aromatic heterocycles. The molecular formula is C17H36N2O. The van der Waals surface area contributed by atoms with Crippen LogP contribution in [0.3, 0.4) is 0 Å². The summed E-state index contributed by atoms with van der Waals surface area (Å²) in [6, 6.07) is 0.334. The highest BCUT2D eigenvalue weighted by Gasteiger charge is 2.41. The number of nitrogens with two attached hydrogens (primary N) is 1. The number of ether oxygens (including phenoxy) is 1. The van der Waals surface area contributed by atoms with Crippen molar-refractivity contribution in [2.24, 2.45) is 5.84 Å². The van der Waals surface area contributed by atoms with Crippen molar-refractivity contribution in [2.75, 3.05) is 6.61 Å². The minimum atomic E-state index is 0.0196. The molecule has 0 aliphatic heterocycles. The van der Waals surface area contributed by atoms with E-state index in [1.54, 1.807) is 0 Å². The predicted octanol–water partition coefficient (Wildman–Crippen LogP) is 4.31. The molecule has 1 aliphatic rings. The van der Waals surface area contributed by atoms with Crippen molar-refractivity contribution in [2.45, 2.75) is 103 Å². The molecule has 3 N–H and O–H groups in total. The summed E-state index contributed by atoms with van der Waals surface area (Å²) in [7, 11) is 0. The van der Waals surface area contributed by atoms with Crippen molar-refractivity contribution in [3.63, 3.8) is 0 Å². The van der Waals surface area contributed by atoms with E-state index in [1.165, 1.54) is 70.6 Å². The second-order valence-corrected chi connectivity index (χ2v) is 6.33. The van der Waals surface area contributed by atoms with Gasteiger partial charge in [-0.05, 0) is 26.2 Å². The molecule has 20 heavy (non-hydrogen) atoms. The van der Waals surface area contributed by atoms with E-state index in [1.807, 2.05) is 0 Å². The van der Waals surface area contributed by atoms with Crippen LogP contribution in [0.5, 0.6) is 0 Å². The summed E-state index contributed by atoms with van der Waals surface area (Å²) in [5.74, 6) is 5.82. The van der Waals surface area contributed by atoms with Gasteiger partial charge < -0.3 is 4.74 Å². The van der Waals surface area contributed by atoms with Crippen LogP contribution in [0.2, 0.25) is 0 Å². The van der Waals surface area contributed by atoms with Crippen LogP contribution >= 0.6 is 0 Å². The lowest BCUT2D eigenvalue weighted by atomic mass is 9.88. The number of unbranched alkanes of at least 4 members (excludes halogenated alkanes) is 6. The zero-order valence-electron chi connectivity index (χ0n) is 13.8. The van der Waals surface area contributed by atoms with Crippen LogP contribution in [0.15, 0.2) is 0 Å². The van der Waals surface area contributed by atoms with E-state index in [9.17, 15) is 0 Å². The third kappa shape index (κ3) is 5.71. The molecule has 1 saturated carbocycles. The van der Waals surface area contributed by atoms with Crippen molar-refractivity contribution in [1.29, 1.82) is 0 Å². The van der Waals surface area contributed by atoms with Gasteiger partial charge in [0, 0.05) is 6.61 Å². The molecule has 1 rings (SSSR count). The Labute approximate surface area is 126 Å². The van der Waals surface area contributed by atoms with E-state index in [0.29, 0.717) is 6.04 Å². The van der Waals surface area contributed by atoms with Gasteiger partial charge in [0.05, 0.1) is 11.6 Å². The fourth-order valence-corrected chi connectivity index (χ4v) is 3.66. The van der Waals surface area contributed by atoms with E-state index in [4.69, 9.17) is 10.6 Å². The first-order valence-corrected chi connectivity index (χ1v) is 8.89. The van der Waals surface area contributed by atoms with Crippen LogP contribution in [0.1, 0.15) is 90.9 Å². The molecule has 1 atom stereocenters. The van der Waals surface area contributed by atoms with E-state index >= 15 is 0 Å². The molecule has 0 spiro atoms. The van der Waals surface area contributed by atoms with Gasteiger partial charge in [-0.1, -0.05) is 64.7 Å². The fraction of sp³-hybridized carbons (Fsp3) is 1.00. The largest absolute Gasteiger partial charge is 0.374 e. The predicted molar refractivity (Wildman–Crippen MR) is 86.5 cm³/mol. The molecule has 120 valence electrons. The van der Waals surface area contributed by atoms with Crippen molar-refractivity contribution in [3.8, 4) is 0 Å². The Kier molecular flexibility index (Phi) is 9.49. The van der Waals surface area contributed by atoms with E-state index in [2.05, 4.69) is 19.3 Å². The van der Waals surface area contributed by atoms with Crippen LogP contribution in [0, 0.1) is 0 Å². The molecule has 1 fully saturated rings. The van der Waals surface area contributed by atoms with Crippen LogP contribution in [-0.4, -0.2) is 18.2 Å². The fourth-order valence-electron chi connectivity index (χ4n) is 3.66. The lowest BCUT2D eigenvalue weighted by Crippen LogP contribution is -2.53. The first-order valence-electron chi connectivity index (χ1n) is 8.89. The lowest BCUT2D eigenvalue weighted by molar-refractivity contribution is -0.0637. The molecule has 0 radical (unpaired) electrons. The normalized spacial score (nSPS) is 19.4. The average molecular weight is 284 g/mol. The summed E-state index contributed by atoms with van der Waals surface area (Å²) >= 11 is 0. The van der Waals surface area contributed by atoms with Gasteiger partial charge >= 0.3 is 0 Å². The van der Waals surface area contributed by atoms with Gasteiger partial charge in [0.2, 0.25) is 0 Å². The highest BCUT2D eigenvalue weighted by molar-refractivity contribution is 4.96. The zero-order chi connectivity index (χ0) is 14.7. The highest BCUT2D eigenvalue weighted by Crippen LogP contribution is 2.37. The van der Waals surface area contributed by atoms with Gasteiger partial charge in [0.15, 0.2) is 0 Å². The third-order valence-electron chi connectivity index (χ3n) is 4.81. The Morgan fingerprint density at radius 3 is 2.15 bits per heavy atom. The summed E-state index contributed by atoms with van der Waals surface area (Å²) in [6.07, 6.45) is 15.6. The van der Waals surface area contributed by atoms with Crippen LogP contribution in [0.25, 0.3) is 0 Å². The summed E-state index contributed by atoms with van der Waals surface area (Å²) < 4.78 is 6.11. The SMILES string of the molecule is CCCCCCCCCC(NN)C1(OCC)CCCC1. The molecule has 0 aromatic rings. The van der Waals surface area contributed by atoms with Crippen molar-refractivity contribution >= 4 is 0 Å². The van der Waals surface area contributed by atoms with Crippen molar-refractivity contribution < 1.29 is 4.74 Å². The van der Waals surface area contributed by atoms with Gasteiger partial charge in [0.25, 0.3) is 0 Å². The molecule has 0 amide bonds. The van der Waals surface area contributed by atoms with E-state index < -0.39 is 0 Å². The second-order valence-electron chi connectivity index (χ2n) is 6.33. The second kappa shape index (κ2) is 10.6. The summed E-state index contributed by atoms with van der Waals surface area (Å²) in [6.45, 7) is 5.17. The maximum Gasteiger partial charge on any atom is 0.0848 e.